The molecule has 1 aromatic carbocycles. The van der Waals surface area contributed by atoms with Crippen LogP contribution in [-0.2, 0) is 19.2 Å². The van der Waals surface area contributed by atoms with Crippen LogP contribution in [0.4, 0.5) is 5.69 Å². The maximum absolute atomic E-state index is 13.5. The van der Waals surface area contributed by atoms with Crippen LogP contribution < -0.4 is 10.6 Å². The second-order valence-electron chi connectivity index (χ2n) is 10.4. The molecule has 0 spiro atoms. The first-order valence-corrected chi connectivity index (χ1v) is 13.6. The zero-order valence-electron chi connectivity index (χ0n) is 23.0. The van der Waals surface area contributed by atoms with Crippen LogP contribution >= 0.6 is 0 Å². The third-order valence-corrected chi connectivity index (χ3v) is 7.05. The fourth-order valence-electron chi connectivity index (χ4n) is 4.87. The molecule has 0 aliphatic carbocycles. The van der Waals surface area contributed by atoms with E-state index in [4.69, 9.17) is 4.42 Å². The molecule has 4 amide bonds. The average molecular weight is 539 g/mol. The molecular formula is C28H38N6O5. The number of fused-ring (bicyclic) bond motifs is 1. The molecule has 11 heteroatoms. The Morgan fingerprint density at radius 2 is 1.79 bits per heavy atom. The maximum atomic E-state index is 13.5. The van der Waals surface area contributed by atoms with Crippen LogP contribution in [0.15, 0.2) is 33.7 Å². The Morgan fingerprint density at radius 3 is 2.54 bits per heavy atom. The summed E-state index contributed by atoms with van der Waals surface area (Å²) in [7, 11) is 3.28. The summed E-state index contributed by atoms with van der Waals surface area (Å²) in [5.74, 6) is 0.0996. The number of guanidine groups is 1. The Bertz CT molecular complexity index is 1250. The molecule has 2 aromatic rings. The van der Waals surface area contributed by atoms with E-state index in [1.165, 1.54) is 4.90 Å². The highest BCUT2D eigenvalue weighted by Crippen LogP contribution is 2.23. The number of benzene rings is 1. The quantitative estimate of drug-likeness (QED) is 0.412. The van der Waals surface area contributed by atoms with E-state index in [9.17, 15) is 19.2 Å². The van der Waals surface area contributed by atoms with Crippen LogP contribution in [0.1, 0.15) is 50.7 Å². The number of carbonyl (C=O) groups excluding carboxylic acids is 4. The SMILES string of the molecule is Cc1cc2cc(NC(=NC3CCCCN(CC(=O)N4CCCC4)C3=O)NC(=O)CCC(=O)N(C)C)ccc2o1. The van der Waals surface area contributed by atoms with Gasteiger partial charge < -0.3 is 24.4 Å². The molecule has 0 saturated carbocycles. The minimum Gasteiger partial charge on any atom is -0.461 e. The van der Waals surface area contributed by atoms with Crippen LogP contribution in [0.25, 0.3) is 11.0 Å². The number of hydrogen-bond acceptors (Lipinski definition) is 6. The number of aliphatic imine (C=N–C) groups is 1. The minimum absolute atomic E-state index is 0.0211. The number of likely N-dealkylation sites (tertiary alicyclic amines) is 2. The lowest BCUT2D eigenvalue weighted by atomic mass is 10.1. The van der Waals surface area contributed by atoms with Crippen LogP contribution in [-0.4, -0.2) is 90.6 Å². The largest absolute Gasteiger partial charge is 0.461 e. The summed E-state index contributed by atoms with van der Waals surface area (Å²) in [5.41, 5.74) is 1.40. The highest BCUT2D eigenvalue weighted by atomic mass is 16.3. The van der Waals surface area contributed by atoms with E-state index < -0.39 is 6.04 Å². The molecule has 0 bridgehead atoms. The molecule has 2 N–H and O–H groups in total. The topological polar surface area (TPSA) is 128 Å². The van der Waals surface area contributed by atoms with Crippen LogP contribution in [0, 0.1) is 6.92 Å². The normalized spacial score (nSPS) is 18.3. The molecule has 11 nitrogen and oxygen atoms in total. The van der Waals surface area contributed by atoms with Crippen molar-refractivity contribution in [1.29, 1.82) is 0 Å². The zero-order valence-corrected chi connectivity index (χ0v) is 23.0. The van der Waals surface area contributed by atoms with Gasteiger partial charge in [0.25, 0.3) is 0 Å². The van der Waals surface area contributed by atoms with Crippen LogP contribution in [0.2, 0.25) is 0 Å². The highest BCUT2D eigenvalue weighted by molar-refractivity contribution is 6.06. The van der Waals surface area contributed by atoms with E-state index in [1.807, 2.05) is 30.0 Å². The van der Waals surface area contributed by atoms with Gasteiger partial charge in [-0.1, -0.05) is 0 Å². The minimum atomic E-state index is -0.745. The number of nitrogens with zero attached hydrogens (tertiary/aromatic N) is 4. The van der Waals surface area contributed by atoms with Gasteiger partial charge in [-0.2, -0.15) is 0 Å². The Morgan fingerprint density at radius 1 is 1.05 bits per heavy atom. The monoisotopic (exact) mass is 538 g/mol. The smallest absolute Gasteiger partial charge is 0.247 e. The summed E-state index contributed by atoms with van der Waals surface area (Å²) in [5, 5.41) is 6.79. The van der Waals surface area contributed by atoms with Crippen molar-refractivity contribution in [1.82, 2.24) is 20.0 Å². The molecule has 210 valence electrons. The van der Waals surface area contributed by atoms with Gasteiger partial charge in [-0.25, -0.2) is 4.99 Å². The van der Waals surface area contributed by atoms with Crippen molar-refractivity contribution >= 4 is 46.2 Å². The summed E-state index contributed by atoms with van der Waals surface area (Å²) < 4.78 is 5.65. The van der Waals surface area contributed by atoms with Crippen molar-refractivity contribution in [3.8, 4) is 0 Å². The number of amides is 4. The highest BCUT2D eigenvalue weighted by Gasteiger charge is 2.30. The van der Waals surface area contributed by atoms with E-state index in [0.29, 0.717) is 18.7 Å². The van der Waals surface area contributed by atoms with Crippen molar-refractivity contribution in [2.24, 2.45) is 4.99 Å². The molecule has 2 aliphatic rings. The predicted octanol–water partition coefficient (Wildman–Crippen LogP) is 2.50. The number of hydrogen-bond donors (Lipinski definition) is 2. The number of aryl methyl sites for hydroxylation is 1. The number of furan rings is 1. The second kappa shape index (κ2) is 12.8. The summed E-state index contributed by atoms with van der Waals surface area (Å²) in [4.78, 5) is 60.5. The van der Waals surface area contributed by atoms with Gasteiger partial charge in [-0.3, -0.25) is 24.5 Å². The fourth-order valence-corrected chi connectivity index (χ4v) is 4.87. The molecule has 3 heterocycles. The lowest BCUT2D eigenvalue weighted by Gasteiger charge is -2.25. The molecule has 1 aromatic heterocycles. The maximum Gasteiger partial charge on any atom is 0.247 e. The van der Waals surface area contributed by atoms with Crippen molar-refractivity contribution in [3.63, 3.8) is 0 Å². The lowest BCUT2D eigenvalue weighted by Crippen LogP contribution is -2.45. The first kappa shape index (κ1) is 28.1. The summed E-state index contributed by atoms with van der Waals surface area (Å²) in [6, 6.07) is 6.66. The summed E-state index contributed by atoms with van der Waals surface area (Å²) in [6.45, 7) is 3.89. The lowest BCUT2D eigenvalue weighted by molar-refractivity contribution is -0.140. The predicted molar refractivity (Wildman–Crippen MR) is 148 cm³/mol. The van der Waals surface area contributed by atoms with Crippen molar-refractivity contribution in [2.75, 3.05) is 45.6 Å². The Hall–Kier alpha value is -3.89. The number of rotatable bonds is 7. The third-order valence-electron chi connectivity index (χ3n) is 7.05. The summed E-state index contributed by atoms with van der Waals surface area (Å²) >= 11 is 0. The van der Waals surface area contributed by atoms with Gasteiger partial charge in [-0.15, -0.1) is 0 Å². The molecule has 39 heavy (non-hydrogen) atoms. The van der Waals surface area contributed by atoms with Gasteiger partial charge >= 0.3 is 0 Å². The van der Waals surface area contributed by atoms with Gasteiger partial charge in [0.05, 0.1) is 6.54 Å². The van der Waals surface area contributed by atoms with E-state index in [2.05, 4.69) is 15.6 Å². The van der Waals surface area contributed by atoms with Crippen LogP contribution in [0.5, 0.6) is 0 Å². The van der Waals surface area contributed by atoms with Crippen molar-refractivity contribution in [3.05, 3.63) is 30.0 Å². The van der Waals surface area contributed by atoms with Gasteiger partial charge in [0.1, 0.15) is 17.4 Å². The van der Waals surface area contributed by atoms with E-state index in [-0.39, 0.29) is 49.0 Å². The first-order chi connectivity index (χ1) is 18.7. The van der Waals surface area contributed by atoms with Crippen LogP contribution in [0.3, 0.4) is 0 Å². The number of anilines is 1. The van der Waals surface area contributed by atoms with Gasteiger partial charge in [0.15, 0.2) is 0 Å². The van der Waals surface area contributed by atoms with E-state index in [0.717, 1.165) is 55.5 Å². The third kappa shape index (κ3) is 7.58. The number of carbonyl (C=O) groups is 4. The molecule has 4 rings (SSSR count). The van der Waals surface area contributed by atoms with Gasteiger partial charge in [0.2, 0.25) is 29.6 Å². The molecule has 1 atom stereocenters. The molecule has 1 unspecified atom stereocenters. The Kier molecular flexibility index (Phi) is 9.21. The Labute approximate surface area is 228 Å². The first-order valence-electron chi connectivity index (χ1n) is 13.6. The molecule has 2 fully saturated rings. The second-order valence-corrected chi connectivity index (χ2v) is 10.4. The van der Waals surface area contributed by atoms with E-state index >= 15 is 0 Å². The summed E-state index contributed by atoms with van der Waals surface area (Å²) in [6.07, 6.45) is 4.08. The molecule has 0 radical (unpaired) electrons. The van der Waals surface area contributed by atoms with E-state index in [1.54, 1.807) is 25.1 Å². The van der Waals surface area contributed by atoms with Crippen molar-refractivity contribution in [2.45, 2.75) is 57.9 Å². The zero-order chi connectivity index (χ0) is 27.9. The molecular weight excluding hydrogens is 500 g/mol. The average Bonchev–Trinajstić information content (AvgIpc) is 3.53. The number of nitrogens with one attached hydrogen (secondary N) is 2. The van der Waals surface area contributed by atoms with Crippen molar-refractivity contribution < 1.29 is 23.6 Å². The Balaban J connectivity index is 1.53. The fraction of sp³-hybridized carbons (Fsp3) is 0.536. The van der Waals surface area contributed by atoms with Gasteiger partial charge in [-0.05, 0) is 63.3 Å². The molecule has 2 aliphatic heterocycles. The molecule has 2 saturated heterocycles. The standard InChI is InChI=1S/C28H38N6O5/c1-19-16-20-17-21(9-10-23(20)39-19)29-28(31-24(35)11-12-25(36)32(2)3)30-22-8-4-5-15-34(27(22)38)18-26(37)33-13-6-7-14-33/h9-10,16-17,22H,4-8,11-15,18H2,1-3H3,(H2,29,30,31,35). The van der Waals surface area contributed by atoms with Gasteiger partial charge in [0, 0.05) is 57.6 Å².